The van der Waals surface area contributed by atoms with Gasteiger partial charge < -0.3 is 14.4 Å². The summed E-state index contributed by atoms with van der Waals surface area (Å²) in [6.45, 7) is 2.82. The van der Waals surface area contributed by atoms with Crippen molar-refractivity contribution < 1.29 is 14.3 Å². The number of methoxy groups -OCH3 is 2. The number of likely N-dealkylation sites (tertiary alicyclic amines) is 1. The summed E-state index contributed by atoms with van der Waals surface area (Å²) in [5.41, 5.74) is 0. The second-order valence-electron chi connectivity index (χ2n) is 3.77. The normalized spacial score (nSPS) is 18.4. The van der Waals surface area contributed by atoms with Crippen LogP contribution < -0.4 is 0 Å². The lowest BCUT2D eigenvalue weighted by atomic mass is 9.98. The summed E-state index contributed by atoms with van der Waals surface area (Å²) in [5.74, 6) is 0.367. The number of ether oxygens (including phenoxy) is 2. The van der Waals surface area contributed by atoms with Gasteiger partial charge in [0, 0.05) is 39.1 Å². The molecule has 0 spiro atoms. The average Bonchev–Trinajstić information content (AvgIpc) is 2.28. The minimum atomic E-state index is -0.297. The molecule has 0 aromatic rings. The first-order valence-corrected chi connectivity index (χ1v) is 5.25. The molecule has 0 atom stereocenters. The molecule has 1 rings (SSSR count). The van der Waals surface area contributed by atoms with E-state index in [0.29, 0.717) is 5.92 Å². The van der Waals surface area contributed by atoms with Crippen LogP contribution in [0.15, 0.2) is 12.3 Å². The number of carbonyl (C=O) groups is 1. The van der Waals surface area contributed by atoms with Gasteiger partial charge in [-0.2, -0.15) is 0 Å². The van der Waals surface area contributed by atoms with E-state index >= 15 is 0 Å². The van der Waals surface area contributed by atoms with Crippen molar-refractivity contribution in [3.8, 4) is 0 Å². The molecule has 0 radical (unpaired) electrons. The molecule has 1 aliphatic heterocycles. The maximum atomic E-state index is 10.9. The van der Waals surface area contributed by atoms with Crippen LogP contribution in [0.5, 0.6) is 0 Å². The van der Waals surface area contributed by atoms with Crippen molar-refractivity contribution in [3.63, 3.8) is 0 Å². The lowest BCUT2D eigenvalue weighted by molar-refractivity contribution is -0.134. The molecular weight excluding hydrogens is 194 g/mol. The summed E-state index contributed by atoms with van der Waals surface area (Å²) < 4.78 is 9.65. The van der Waals surface area contributed by atoms with Crippen LogP contribution in [-0.4, -0.2) is 44.8 Å². The lowest BCUT2D eigenvalue weighted by Gasteiger charge is -2.30. The number of carbonyl (C=O) groups excluding carboxylic acids is 1. The monoisotopic (exact) mass is 213 g/mol. The minimum absolute atomic E-state index is 0.297. The summed E-state index contributed by atoms with van der Waals surface area (Å²) in [6, 6.07) is 0. The molecule has 0 unspecified atom stereocenters. The van der Waals surface area contributed by atoms with Crippen LogP contribution in [0.2, 0.25) is 0 Å². The Balaban J connectivity index is 2.25. The Labute approximate surface area is 90.8 Å². The third-order valence-corrected chi connectivity index (χ3v) is 2.67. The molecule has 0 aliphatic carbocycles. The number of rotatable bonds is 4. The van der Waals surface area contributed by atoms with Gasteiger partial charge in [-0.3, -0.25) is 0 Å². The van der Waals surface area contributed by atoms with Gasteiger partial charge in [-0.1, -0.05) is 0 Å². The number of piperidine rings is 1. The van der Waals surface area contributed by atoms with Gasteiger partial charge in [-0.05, 0) is 18.8 Å². The molecular formula is C11H19NO3. The molecule has 0 bridgehead atoms. The van der Waals surface area contributed by atoms with Gasteiger partial charge in [0.1, 0.15) is 0 Å². The van der Waals surface area contributed by atoms with Crippen LogP contribution in [0.3, 0.4) is 0 Å². The third kappa shape index (κ3) is 4.34. The molecule has 1 saturated heterocycles. The SMILES string of the molecule is COCC1CCN(C=CC(=O)OC)CC1. The summed E-state index contributed by atoms with van der Waals surface area (Å²) in [4.78, 5) is 13.0. The predicted molar refractivity (Wildman–Crippen MR) is 57.3 cm³/mol. The van der Waals surface area contributed by atoms with E-state index in [1.165, 1.54) is 13.2 Å². The summed E-state index contributed by atoms with van der Waals surface area (Å²) in [6.07, 6.45) is 5.53. The molecule has 4 nitrogen and oxygen atoms in total. The van der Waals surface area contributed by atoms with Crippen molar-refractivity contribution in [2.75, 3.05) is 33.9 Å². The van der Waals surface area contributed by atoms with Gasteiger partial charge in [0.15, 0.2) is 0 Å². The topological polar surface area (TPSA) is 38.8 Å². The van der Waals surface area contributed by atoms with Gasteiger partial charge in [-0.25, -0.2) is 4.79 Å². The standard InChI is InChI=1S/C11H19NO3/c1-14-9-10-3-6-12(7-4-10)8-5-11(13)15-2/h5,8,10H,3-4,6-7,9H2,1-2H3. The quantitative estimate of drug-likeness (QED) is 0.516. The van der Waals surface area contributed by atoms with Gasteiger partial charge in [0.25, 0.3) is 0 Å². The van der Waals surface area contributed by atoms with E-state index in [9.17, 15) is 4.79 Å². The second-order valence-corrected chi connectivity index (χ2v) is 3.77. The molecule has 0 saturated carbocycles. The number of hydrogen-bond acceptors (Lipinski definition) is 4. The van der Waals surface area contributed by atoms with Crippen molar-refractivity contribution in [2.24, 2.45) is 5.92 Å². The highest BCUT2D eigenvalue weighted by Gasteiger charge is 2.16. The highest BCUT2D eigenvalue weighted by atomic mass is 16.5. The van der Waals surface area contributed by atoms with Crippen molar-refractivity contribution >= 4 is 5.97 Å². The summed E-state index contributed by atoms with van der Waals surface area (Å²) in [7, 11) is 3.13. The Morgan fingerprint density at radius 3 is 2.60 bits per heavy atom. The molecule has 0 amide bonds. The Morgan fingerprint density at radius 2 is 2.07 bits per heavy atom. The zero-order chi connectivity index (χ0) is 11.1. The fourth-order valence-corrected chi connectivity index (χ4v) is 1.74. The summed E-state index contributed by atoms with van der Waals surface area (Å²) >= 11 is 0. The smallest absolute Gasteiger partial charge is 0.331 e. The van der Waals surface area contributed by atoms with E-state index in [1.54, 1.807) is 7.11 Å². The Kier molecular flexibility index (Phi) is 5.18. The van der Waals surface area contributed by atoms with Crippen molar-refractivity contribution in [2.45, 2.75) is 12.8 Å². The van der Waals surface area contributed by atoms with E-state index < -0.39 is 0 Å². The van der Waals surface area contributed by atoms with E-state index in [0.717, 1.165) is 32.5 Å². The maximum absolute atomic E-state index is 10.9. The first-order valence-electron chi connectivity index (χ1n) is 5.25. The van der Waals surface area contributed by atoms with E-state index in [4.69, 9.17) is 4.74 Å². The molecule has 1 fully saturated rings. The van der Waals surface area contributed by atoms with Crippen LogP contribution in [0, 0.1) is 5.92 Å². The fourth-order valence-electron chi connectivity index (χ4n) is 1.74. The Bertz CT molecular complexity index is 220. The van der Waals surface area contributed by atoms with Gasteiger partial charge in [0.2, 0.25) is 0 Å². The van der Waals surface area contributed by atoms with Crippen LogP contribution >= 0.6 is 0 Å². The highest BCUT2D eigenvalue weighted by molar-refractivity contribution is 5.81. The first kappa shape index (κ1) is 12.0. The number of hydrogen-bond donors (Lipinski definition) is 0. The van der Waals surface area contributed by atoms with E-state index in [1.807, 2.05) is 6.20 Å². The van der Waals surface area contributed by atoms with Gasteiger partial charge in [-0.15, -0.1) is 0 Å². The van der Waals surface area contributed by atoms with Gasteiger partial charge in [0.05, 0.1) is 7.11 Å². The lowest BCUT2D eigenvalue weighted by Crippen LogP contribution is -2.31. The molecule has 1 heterocycles. The van der Waals surface area contributed by atoms with Crippen LogP contribution in [0.1, 0.15) is 12.8 Å². The van der Waals surface area contributed by atoms with Gasteiger partial charge >= 0.3 is 5.97 Å². The number of esters is 1. The molecule has 1 aliphatic rings. The fraction of sp³-hybridized carbons (Fsp3) is 0.727. The largest absolute Gasteiger partial charge is 0.466 e. The average molecular weight is 213 g/mol. The van der Waals surface area contributed by atoms with Crippen LogP contribution in [0.4, 0.5) is 0 Å². The summed E-state index contributed by atoms with van der Waals surface area (Å²) in [5, 5.41) is 0. The maximum Gasteiger partial charge on any atom is 0.331 e. The predicted octanol–water partition coefficient (Wildman–Crippen LogP) is 1.03. The second kappa shape index (κ2) is 6.45. The van der Waals surface area contributed by atoms with Crippen LogP contribution in [0.25, 0.3) is 0 Å². The zero-order valence-corrected chi connectivity index (χ0v) is 9.44. The molecule has 0 aromatic carbocycles. The number of nitrogens with zero attached hydrogens (tertiary/aromatic N) is 1. The minimum Gasteiger partial charge on any atom is -0.466 e. The Morgan fingerprint density at radius 1 is 1.40 bits per heavy atom. The third-order valence-electron chi connectivity index (χ3n) is 2.67. The van der Waals surface area contributed by atoms with Crippen molar-refractivity contribution in [1.29, 1.82) is 0 Å². The van der Waals surface area contributed by atoms with E-state index in [2.05, 4.69) is 9.64 Å². The molecule has 86 valence electrons. The molecule has 0 N–H and O–H groups in total. The van der Waals surface area contributed by atoms with E-state index in [-0.39, 0.29) is 5.97 Å². The molecule has 0 aromatic heterocycles. The molecule has 4 heteroatoms. The first-order chi connectivity index (χ1) is 7.26. The molecule has 15 heavy (non-hydrogen) atoms. The zero-order valence-electron chi connectivity index (χ0n) is 9.44. The van der Waals surface area contributed by atoms with Crippen LogP contribution in [-0.2, 0) is 14.3 Å². The van der Waals surface area contributed by atoms with Crippen molar-refractivity contribution in [1.82, 2.24) is 4.90 Å². The highest BCUT2D eigenvalue weighted by Crippen LogP contribution is 2.17. The Hall–Kier alpha value is -1.03. The van der Waals surface area contributed by atoms with Crippen molar-refractivity contribution in [3.05, 3.63) is 12.3 Å².